The Kier molecular flexibility index (Phi) is 21.6. The topological polar surface area (TPSA) is 96.2 Å². The summed E-state index contributed by atoms with van der Waals surface area (Å²) in [4.78, 5) is 11.6. The molecule has 2 aliphatic heterocycles. The number of unbranched alkanes of at least 4 members (excludes halogenated alkanes) is 18. The first-order chi connectivity index (χ1) is 20.9. The second kappa shape index (κ2) is 24.3. The zero-order valence-electron chi connectivity index (χ0n) is 28.0. The molecule has 2 heterocycles. The van der Waals surface area contributed by atoms with E-state index in [1.807, 2.05) is 13.0 Å². The Labute approximate surface area is 264 Å². The summed E-state index contributed by atoms with van der Waals surface area (Å²) < 4.78 is 11.2. The lowest BCUT2D eigenvalue weighted by Gasteiger charge is -2.23. The van der Waals surface area contributed by atoms with Gasteiger partial charge in [0, 0.05) is 12.0 Å². The minimum Gasteiger partial charge on any atom is -0.455 e. The van der Waals surface area contributed by atoms with Crippen molar-refractivity contribution in [1.29, 1.82) is 0 Å². The quantitative estimate of drug-likeness (QED) is 0.0606. The zero-order chi connectivity index (χ0) is 31.1. The first-order valence-corrected chi connectivity index (χ1v) is 18.5. The lowest BCUT2D eigenvalue weighted by atomic mass is 9.98. The van der Waals surface area contributed by atoms with Crippen LogP contribution in [0.5, 0.6) is 0 Å². The van der Waals surface area contributed by atoms with Crippen LogP contribution in [0.1, 0.15) is 181 Å². The molecule has 1 saturated heterocycles. The van der Waals surface area contributed by atoms with Gasteiger partial charge >= 0.3 is 5.97 Å². The third kappa shape index (κ3) is 18.0. The molecule has 0 spiro atoms. The van der Waals surface area contributed by atoms with Crippen molar-refractivity contribution in [3.8, 4) is 0 Å². The molecule has 0 saturated carbocycles. The largest absolute Gasteiger partial charge is 0.455 e. The van der Waals surface area contributed by atoms with E-state index in [-0.39, 0.29) is 24.3 Å². The maximum Gasteiger partial charge on any atom is 0.334 e. The van der Waals surface area contributed by atoms with Crippen LogP contribution in [0.3, 0.4) is 0 Å². The predicted octanol–water partition coefficient (Wildman–Crippen LogP) is 8.87. The molecule has 252 valence electrons. The molecule has 0 aromatic rings. The Hall–Kier alpha value is -0.950. The van der Waals surface area contributed by atoms with Crippen molar-refractivity contribution in [3.05, 3.63) is 11.6 Å². The Morgan fingerprint density at radius 1 is 0.674 bits per heavy atom. The first kappa shape index (κ1) is 38.2. The number of hydrogen-bond donors (Lipinski definition) is 3. The Morgan fingerprint density at radius 2 is 1.14 bits per heavy atom. The molecule has 6 nitrogen and oxygen atoms in total. The Morgan fingerprint density at radius 3 is 1.65 bits per heavy atom. The molecule has 43 heavy (non-hydrogen) atoms. The maximum absolute atomic E-state index is 11.6. The van der Waals surface area contributed by atoms with Crippen molar-refractivity contribution in [2.24, 2.45) is 0 Å². The Bertz CT molecular complexity index is 724. The number of hydrogen-bond acceptors (Lipinski definition) is 6. The summed E-state index contributed by atoms with van der Waals surface area (Å²) in [5.74, 6) is -0.127. The smallest absolute Gasteiger partial charge is 0.334 e. The molecule has 2 aliphatic rings. The monoisotopic (exact) mass is 609 g/mol. The van der Waals surface area contributed by atoms with Crippen molar-refractivity contribution >= 4 is 5.97 Å². The van der Waals surface area contributed by atoms with Gasteiger partial charge in [-0.1, -0.05) is 129 Å². The molecule has 0 aromatic carbocycles. The first-order valence-electron chi connectivity index (χ1n) is 18.5. The van der Waals surface area contributed by atoms with Gasteiger partial charge < -0.3 is 24.8 Å². The van der Waals surface area contributed by atoms with Crippen LogP contribution in [0.4, 0.5) is 0 Å². The Balaban J connectivity index is 1.37. The third-order valence-electron chi connectivity index (χ3n) is 9.54. The zero-order valence-corrected chi connectivity index (χ0v) is 28.0. The lowest BCUT2D eigenvalue weighted by molar-refractivity contribution is -0.139. The van der Waals surface area contributed by atoms with Gasteiger partial charge in [0.1, 0.15) is 6.10 Å². The molecular weight excluding hydrogens is 540 g/mol. The summed E-state index contributed by atoms with van der Waals surface area (Å²) in [6.45, 7) is 4.17. The average Bonchev–Trinajstić information content (AvgIpc) is 3.60. The second-order valence-electron chi connectivity index (χ2n) is 13.7. The van der Waals surface area contributed by atoms with Gasteiger partial charge in [-0.15, -0.1) is 0 Å². The fraction of sp³-hybridized carbons (Fsp3) is 0.919. The van der Waals surface area contributed by atoms with Crippen LogP contribution in [0.2, 0.25) is 0 Å². The van der Waals surface area contributed by atoms with Crippen molar-refractivity contribution in [1.82, 2.24) is 0 Å². The van der Waals surface area contributed by atoms with Crippen LogP contribution in [0.15, 0.2) is 11.6 Å². The molecule has 6 unspecified atom stereocenters. The summed E-state index contributed by atoms with van der Waals surface area (Å²) in [5.41, 5.74) is 0.859. The van der Waals surface area contributed by atoms with E-state index in [2.05, 4.69) is 6.92 Å². The third-order valence-corrected chi connectivity index (χ3v) is 9.54. The normalized spacial score (nSPS) is 22.5. The number of esters is 1. The highest BCUT2D eigenvalue weighted by atomic mass is 16.5. The second-order valence-corrected chi connectivity index (χ2v) is 13.7. The van der Waals surface area contributed by atoms with E-state index in [4.69, 9.17) is 9.47 Å². The maximum atomic E-state index is 11.6. The van der Waals surface area contributed by atoms with E-state index in [0.717, 1.165) is 63.4 Å². The van der Waals surface area contributed by atoms with Crippen LogP contribution in [0, 0.1) is 0 Å². The van der Waals surface area contributed by atoms with Gasteiger partial charge in [0.15, 0.2) is 0 Å². The summed E-state index contributed by atoms with van der Waals surface area (Å²) in [6, 6.07) is 0. The number of carbonyl (C=O) groups excluding carboxylic acids is 1. The molecule has 3 N–H and O–H groups in total. The van der Waals surface area contributed by atoms with E-state index in [1.165, 1.54) is 103 Å². The molecule has 0 amide bonds. The lowest BCUT2D eigenvalue weighted by Crippen LogP contribution is -2.33. The summed E-state index contributed by atoms with van der Waals surface area (Å²) in [6.07, 6.45) is 28.9. The molecule has 6 atom stereocenters. The van der Waals surface area contributed by atoms with E-state index in [1.54, 1.807) is 0 Å². The summed E-state index contributed by atoms with van der Waals surface area (Å²) in [5, 5.41) is 31.7. The van der Waals surface area contributed by atoms with Gasteiger partial charge in [0.2, 0.25) is 0 Å². The summed E-state index contributed by atoms with van der Waals surface area (Å²) >= 11 is 0. The number of ether oxygens (including phenoxy) is 2. The molecule has 2 rings (SSSR count). The highest BCUT2D eigenvalue weighted by molar-refractivity contribution is 5.90. The van der Waals surface area contributed by atoms with E-state index >= 15 is 0 Å². The van der Waals surface area contributed by atoms with Gasteiger partial charge in [0.25, 0.3) is 0 Å². The van der Waals surface area contributed by atoms with Gasteiger partial charge in [-0.2, -0.15) is 0 Å². The average molecular weight is 609 g/mol. The van der Waals surface area contributed by atoms with Crippen LogP contribution in [-0.2, 0) is 14.3 Å². The molecule has 0 aromatic heterocycles. The van der Waals surface area contributed by atoms with Crippen LogP contribution in [-0.4, -0.2) is 57.9 Å². The SMILES string of the molecule is CCCCCCCCCCCCC(O)C1CCC(C(O)CC(O)CCCCCCCCCCCCC2=CC(C)OC2=O)O1. The van der Waals surface area contributed by atoms with Gasteiger partial charge in [-0.3, -0.25) is 0 Å². The number of aliphatic hydroxyl groups excluding tert-OH is 3. The predicted molar refractivity (Wildman–Crippen MR) is 176 cm³/mol. The molecule has 0 radical (unpaired) electrons. The highest BCUT2D eigenvalue weighted by Gasteiger charge is 2.35. The standard InChI is InChI=1S/C37H68O6/c1-3-4-5-6-7-8-13-16-19-22-25-33(39)35-26-27-36(43-35)34(40)29-32(38)24-21-18-15-12-10-9-11-14-17-20-23-31-28-30(2)42-37(31)41/h28,30,32-36,38-40H,3-27,29H2,1-2H3. The fourth-order valence-electron chi connectivity index (χ4n) is 6.76. The van der Waals surface area contributed by atoms with Crippen molar-refractivity contribution in [2.75, 3.05) is 0 Å². The minimum atomic E-state index is -0.656. The van der Waals surface area contributed by atoms with Crippen LogP contribution >= 0.6 is 0 Å². The molecule has 6 heteroatoms. The molecule has 1 fully saturated rings. The highest BCUT2D eigenvalue weighted by Crippen LogP contribution is 2.28. The van der Waals surface area contributed by atoms with Gasteiger partial charge in [-0.05, 0) is 51.5 Å². The fourth-order valence-corrected chi connectivity index (χ4v) is 6.76. The number of carbonyl (C=O) groups is 1. The molecular formula is C37H68O6. The molecule has 0 bridgehead atoms. The number of aliphatic hydroxyl groups is 3. The van der Waals surface area contributed by atoms with Crippen molar-refractivity contribution in [2.45, 2.75) is 217 Å². The van der Waals surface area contributed by atoms with E-state index < -0.39 is 18.3 Å². The van der Waals surface area contributed by atoms with Gasteiger partial charge in [-0.25, -0.2) is 4.79 Å². The minimum absolute atomic E-state index is 0.0542. The van der Waals surface area contributed by atoms with E-state index in [0.29, 0.717) is 6.42 Å². The van der Waals surface area contributed by atoms with Crippen LogP contribution in [0.25, 0.3) is 0 Å². The van der Waals surface area contributed by atoms with Crippen molar-refractivity contribution < 1.29 is 29.6 Å². The van der Waals surface area contributed by atoms with Crippen LogP contribution < -0.4 is 0 Å². The number of rotatable bonds is 28. The summed E-state index contributed by atoms with van der Waals surface area (Å²) in [7, 11) is 0. The van der Waals surface area contributed by atoms with E-state index in [9.17, 15) is 20.1 Å². The van der Waals surface area contributed by atoms with Crippen molar-refractivity contribution in [3.63, 3.8) is 0 Å². The van der Waals surface area contributed by atoms with Gasteiger partial charge in [0.05, 0.1) is 30.5 Å². The molecule has 0 aliphatic carbocycles. The number of cyclic esters (lactones) is 1.